The summed E-state index contributed by atoms with van der Waals surface area (Å²) < 4.78 is 0. The highest BCUT2D eigenvalue weighted by atomic mass is 32.1. The molecule has 26 heavy (non-hydrogen) atoms. The molecule has 0 aliphatic carbocycles. The number of benzene rings is 1. The van der Waals surface area contributed by atoms with E-state index >= 15 is 0 Å². The minimum atomic E-state index is -0.618. The number of nitro benzene ring substituents is 2. The zero-order valence-electron chi connectivity index (χ0n) is 14.3. The first-order valence-corrected chi connectivity index (χ1v) is 9.19. The number of anilines is 1. The Hall–Kier alpha value is -2.59. The first-order chi connectivity index (χ1) is 12.5. The zero-order chi connectivity index (χ0) is 18.7. The van der Waals surface area contributed by atoms with Crippen LogP contribution in [0, 0.1) is 20.2 Å². The molecule has 1 fully saturated rings. The Kier molecular flexibility index (Phi) is 5.43. The summed E-state index contributed by atoms with van der Waals surface area (Å²) in [6.07, 6.45) is 0.933. The van der Waals surface area contributed by atoms with Crippen molar-refractivity contribution in [2.45, 2.75) is 19.9 Å². The molecule has 9 nitrogen and oxygen atoms in total. The van der Waals surface area contributed by atoms with Crippen LogP contribution >= 0.6 is 11.3 Å². The molecule has 0 bridgehead atoms. The molecule has 138 valence electrons. The summed E-state index contributed by atoms with van der Waals surface area (Å²) in [6, 6.07) is 3.82. The van der Waals surface area contributed by atoms with Gasteiger partial charge in [-0.15, -0.1) is 11.3 Å². The van der Waals surface area contributed by atoms with Crippen molar-refractivity contribution in [3.8, 4) is 0 Å². The van der Waals surface area contributed by atoms with Gasteiger partial charge in [-0.3, -0.25) is 25.1 Å². The van der Waals surface area contributed by atoms with Crippen LogP contribution in [0.3, 0.4) is 0 Å². The van der Waals surface area contributed by atoms with E-state index in [0.29, 0.717) is 18.8 Å². The van der Waals surface area contributed by atoms with Crippen LogP contribution in [0.25, 0.3) is 0 Å². The van der Waals surface area contributed by atoms with Gasteiger partial charge in [-0.1, -0.05) is 6.92 Å². The van der Waals surface area contributed by atoms with E-state index in [2.05, 4.69) is 22.2 Å². The van der Waals surface area contributed by atoms with Gasteiger partial charge in [0.25, 0.3) is 11.4 Å². The number of aryl methyl sites for hydroxylation is 1. The van der Waals surface area contributed by atoms with E-state index in [-0.39, 0.29) is 11.4 Å². The minimum absolute atomic E-state index is 0.222. The number of thiazole rings is 1. The van der Waals surface area contributed by atoms with Gasteiger partial charge in [0.2, 0.25) is 0 Å². The fourth-order valence-corrected chi connectivity index (χ4v) is 3.73. The number of non-ortho nitro benzene ring substituents is 1. The predicted octanol–water partition coefficient (Wildman–Crippen LogP) is 2.84. The van der Waals surface area contributed by atoms with Crippen LogP contribution in [0.15, 0.2) is 23.6 Å². The largest absolute Gasteiger partial charge is 0.363 e. The highest BCUT2D eigenvalue weighted by Crippen LogP contribution is 2.32. The van der Waals surface area contributed by atoms with Crippen molar-refractivity contribution in [1.29, 1.82) is 0 Å². The minimum Gasteiger partial charge on any atom is -0.363 e. The average molecular weight is 377 g/mol. The molecular weight excluding hydrogens is 358 g/mol. The molecule has 10 heteroatoms. The zero-order valence-corrected chi connectivity index (χ0v) is 15.1. The highest BCUT2D eigenvalue weighted by molar-refractivity contribution is 7.09. The molecule has 0 spiro atoms. The highest BCUT2D eigenvalue weighted by Gasteiger charge is 2.26. The third-order valence-electron chi connectivity index (χ3n) is 4.37. The number of nitro groups is 2. The molecule has 1 aliphatic heterocycles. The van der Waals surface area contributed by atoms with Crippen LogP contribution in [0.5, 0.6) is 0 Å². The van der Waals surface area contributed by atoms with Crippen LogP contribution in [-0.2, 0) is 13.0 Å². The van der Waals surface area contributed by atoms with Crippen molar-refractivity contribution in [1.82, 2.24) is 9.88 Å². The predicted molar refractivity (Wildman–Crippen MR) is 98.7 cm³/mol. The van der Waals surface area contributed by atoms with Gasteiger partial charge in [0.15, 0.2) is 0 Å². The maximum atomic E-state index is 11.3. The van der Waals surface area contributed by atoms with Gasteiger partial charge < -0.3 is 4.90 Å². The lowest BCUT2D eigenvalue weighted by Crippen LogP contribution is -2.46. The Morgan fingerprint density at radius 1 is 1.15 bits per heavy atom. The first kappa shape index (κ1) is 18.2. The lowest BCUT2D eigenvalue weighted by molar-refractivity contribution is -0.393. The lowest BCUT2D eigenvalue weighted by atomic mass is 10.2. The molecule has 3 rings (SSSR count). The number of rotatable bonds is 6. The Morgan fingerprint density at radius 3 is 2.46 bits per heavy atom. The second kappa shape index (κ2) is 7.75. The summed E-state index contributed by atoms with van der Waals surface area (Å²) in [4.78, 5) is 29.8. The average Bonchev–Trinajstić information content (AvgIpc) is 3.09. The van der Waals surface area contributed by atoms with E-state index in [0.717, 1.165) is 42.8 Å². The Morgan fingerprint density at radius 2 is 1.88 bits per heavy atom. The van der Waals surface area contributed by atoms with Gasteiger partial charge in [0.1, 0.15) is 5.69 Å². The molecule has 1 aromatic heterocycles. The number of hydrogen-bond acceptors (Lipinski definition) is 8. The fraction of sp³-hybridized carbons (Fsp3) is 0.438. The van der Waals surface area contributed by atoms with Crippen LogP contribution in [0.1, 0.15) is 17.6 Å². The Labute approximate surface area is 154 Å². The topological polar surface area (TPSA) is 106 Å². The van der Waals surface area contributed by atoms with E-state index in [1.54, 1.807) is 11.3 Å². The van der Waals surface area contributed by atoms with Crippen LogP contribution in [0.4, 0.5) is 17.1 Å². The van der Waals surface area contributed by atoms with Crippen molar-refractivity contribution in [3.63, 3.8) is 0 Å². The van der Waals surface area contributed by atoms with Crippen molar-refractivity contribution in [2.24, 2.45) is 0 Å². The maximum Gasteiger partial charge on any atom is 0.299 e. The molecule has 0 unspecified atom stereocenters. The first-order valence-electron chi connectivity index (χ1n) is 8.31. The van der Waals surface area contributed by atoms with Gasteiger partial charge >= 0.3 is 0 Å². The summed E-state index contributed by atoms with van der Waals surface area (Å²) in [7, 11) is 0. The smallest absolute Gasteiger partial charge is 0.299 e. The van der Waals surface area contributed by atoms with Gasteiger partial charge in [-0.25, -0.2) is 4.98 Å². The third kappa shape index (κ3) is 3.97. The summed E-state index contributed by atoms with van der Waals surface area (Å²) >= 11 is 1.67. The van der Waals surface area contributed by atoms with E-state index in [4.69, 9.17) is 0 Å². The Bertz CT molecular complexity index is 817. The molecule has 2 aromatic rings. The van der Waals surface area contributed by atoms with Crippen molar-refractivity contribution < 1.29 is 9.85 Å². The molecule has 0 radical (unpaired) electrons. The normalized spacial score (nSPS) is 15.2. The number of hydrogen-bond donors (Lipinski definition) is 0. The van der Waals surface area contributed by atoms with Gasteiger partial charge in [-0.05, 0) is 12.5 Å². The number of aromatic nitrogens is 1. The van der Waals surface area contributed by atoms with Gasteiger partial charge in [-0.2, -0.15) is 0 Å². The second-order valence-corrected chi connectivity index (χ2v) is 6.98. The second-order valence-electron chi connectivity index (χ2n) is 6.04. The molecule has 1 saturated heterocycles. The molecule has 1 aromatic carbocycles. The van der Waals surface area contributed by atoms with E-state index in [9.17, 15) is 20.2 Å². The molecule has 0 saturated carbocycles. The maximum absolute atomic E-state index is 11.3. The van der Waals surface area contributed by atoms with Gasteiger partial charge in [0, 0.05) is 44.2 Å². The molecule has 2 heterocycles. The van der Waals surface area contributed by atoms with Crippen LogP contribution in [0.2, 0.25) is 0 Å². The molecule has 0 atom stereocenters. The standard InChI is InChI=1S/C16H19N5O4S/c1-2-16-17-12(11-26-16)10-18-5-7-19(8-6-18)14-4-3-13(20(22)23)9-15(14)21(24)25/h3-4,9,11H,2,5-8,10H2,1H3. The van der Waals surface area contributed by atoms with E-state index in [1.165, 1.54) is 12.1 Å². The SMILES string of the molecule is CCc1nc(CN2CCN(c3ccc([N+](=O)[O-])cc3[N+](=O)[O-])CC2)cs1. The lowest BCUT2D eigenvalue weighted by Gasteiger charge is -2.35. The van der Waals surface area contributed by atoms with Crippen LogP contribution in [-0.4, -0.2) is 45.9 Å². The van der Waals surface area contributed by atoms with Crippen molar-refractivity contribution in [2.75, 3.05) is 31.1 Å². The molecular formula is C16H19N5O4S. The molecule has 0 amide bonds. The van der Waals surface area contributed by atoms with Gasteiger partial charge in [0.05, 0.1) is 26.6 Å². The quantitative estimate of drug-likeness (QED) is 0.563. The number of piperazine rings is 1. The number of nitrogens with zero attached hydrogens (tertiary/aromatic N) is 5. The molecule has 1 aliphatic rings. The summed E-state index contributed by atoms with van der Waals surface area (Å²) in [5, 5.41) is 25.4. The monoisotopic (exact) mass is 377 g/mol. The third-order valence-corrected chi connectivity index (χ3v) is 5.41. The fourth-order valence-electron chi connectivity index (χ4n) is 3.00. The summed E-state index contributed by atoms with van der Waals surface area (Å²) in [5.41, 5.74) is 0.998. The van der Waals surface area contributed by atoms with Crippen molar-refractivity contribution >= 4 is 28.4 Å². The summed E-state index contributed by atoms with van der Waals surface area (Å²) in [6.45, 7) is 5.62. The van der Waals surface area contributed by atoms with Crippen molar-refractivity contribution in [3.05, 3.63) is 54.5 Å². The van der Waals surface area contributed by atoms with E-state index in [1.807, 2.05) is 4.90 Å². The summed E-state index contributed by atoms with van der Waals surface area (Å²) in [5.74, 6) is 0. The molecule has 0 N–H and O–H groups in total. The Balaban J connectivity index is 1.67. The van der Waals surface area contributed by atoms with E-state index < -0.39 is 9.85 Å². The van der Waals surface area contributed by atoms with Crippen LogP contribution < -0.4 is 4.90 Å².